The quantitative estimate of drug-likeness (QED) is 0.690. The van der Waals surface area contributed by atoms with Gasteiger partial charge in [0.2, 0.25) is 17.8 Å². The summed E-state index contributed by atoms with van der Waals surface area (Å²) in [4.78, 5) is 16.4. The number of nitrogens with one attached hydrogen (secondary N) is 1. The molecule has 0 spiro atoms. The van der Waals surface area contributed by atoms with E-state index < -0.39 is 17.9 Å². The van der Waals surface area contributed by atoms with Crippen LogP contribution in [0.5, 0.6) is 0 Å². The van der Waals surface area contributed by atoms with Gasteiger partial charge in [0.1, 0.15) is 0 Å². The molecule has 1 amide bonds. The first-order valence-electron chi connectivity index (χ1n) is 10.2. The van der Waals surface area contributed by atoms with E-state index in [2.05, 4.69) is 15.4 Å². The molecule has 164 valence electrons. The SMILES string of the molecule is N[C@H](c1cn2ncc(CNC(=O)CC3CC(F)(F)C3)cc2n1)C1CCC(F)(F)CC1. The molecule has 2 fully saturated rings. The van der Waals surface area contributed by atoms with Gasteiger partial charge in [-0.05, 0) is 36.3 Å². The highest BCUT2D eigenvalue weighted by atomic mass is 19.3. The minimum Gasteiger partial charge on any atom is -0.352 e. The number of halogens is 4. The van der Waals surface area contributed by atoms with Crippen LogP contribution in [-0.2, 0) is 11.3 Å². The van der Waals surface area contributed by atoms with E-state index in [0.717, 1.165) is 5.56 Å². The summed E-state index contributed by atoms with van der Waals surface area (Å²) in [5.41, 5.74) is 8.15. The summed E-state index contributed by atoms with van der Waals surface area (Å²) < 4.78 is 54.0. The van der Waals surface area contributed by atoms with Gasteiger partial charge in [0.15, 0.2) is 5.65 Å². The van der Waals surface area contributed by atoms with E-state index in [1.807, 2.05) is 0 Å². The number of rotatable bonds is 6. The molecule has 0 saturated heterocycles. The van der Waals surface area contributed by atoms with Gasteiger partial charge in [0.05, 0.1) is 24.1 Å². The Morgan fingerprint density at radius 3 is 2.60 bits per heavy atom. The number of hydrogen-bond acceptors (Lipinski definition) is 4. The maximum absolute atomic E-state index is 13.4. The fraction of sp³-hybridized carbons (Fsp3) is 0.650. The van der Waals surface area contributed by atoms with Gasteiger partial charge in [0.25, 0.3) is 0 Å². The van der Waals surface area contributed by atoms with Gasteiger partial charge < -0.3 is 11.1 Å². The molecule has 2 aliphatic carbocycles. The Hall–Kier alpha value is -2.23. The van der Waals surface area contributed by atoms with Gasteiger partial charge in [0, 0.05) is 38.6 Å². The highest BCUT2D eigenvalue weighted by molar-refractivity contribution is 5.76. The highest BCUT2D eigenvalue weighted by Crippen LogP contribution is 2.44. The van der Waals surface area contributed by atoms with Crippen molar-refractivity contribution in [1.82, 2.24) is 19.9 Å². The van der Waals surface area contributed by atoms with Gasteiger partial charge in [-0.1, -0.05) is 0 Å². The summed E-state index contributed by atoms with van der Waals surface area (Å²) >= 11 is 0. The number of nitrogens with zero attached hydrogens (tertiary/aromatic N) is 3. The van der Waals surface area contributed by atoms with Crippen molar-refractivity contribution in [3.63, 3.8) is 0 Å². The lowest BCUT2D eigenvalue weighted by Gasteiger charge is -2.34. The van der Waals surface area contributed by atoms with E-state index in [-0.39, 0.29) is 56.4 Å². The van der Waals surface area contributed by atoms with E-state index in [1.165, 1.54) is 0 Å². The summed E-state index contributed by atoms with van der Waals surface area (Å²) in [6.07, 6.45) is 3.33. The molecule has 2 aromatic rings. The molecule has 2 aromatic heterocycles. The second-order valence-corrected chi connectivity index (χ2v) is 8.66. The van der Waals surface area contributed by atoms with Crippen molar-refractivity contribution in [2.75, 3.05) is 0 Å². The van der Waals surface area contributed by atoms with Gasteiger partial charge >= 0.3 is 0 Å². The molecule has 2 saturated carbocycles. The number of carbonyl (C=O) groups excluding carboxylic acids is 1. The average molecular weight is 427 g/mol. The number of fused-ring (bicyclic) bond motifs is 1. The van der Waals surface area contributed by atoms with Crippen LogP contribution >= 0.6 is 0 Å². The van der Waals surface area contributed by atoms with Gasteiger partial charge in [-0.25, -0.2) is 27.1 Å². The number of nitrogens with two attached hydrogens (primary N) is 1. The molecule has 4 rings (SSSR count). The molecule has 0 aromatic carbocycles. The average Bonchev–Trinajstić information content (AvgIpc) is 3.07. The van der Waals surface area contributed by atoms with Crippen molar-refractivity contribution in [3.05, 3.63) is 29.7 Å². The molecule has 2 heterocycles. The third-order valence-electron chi connectivity index (χ3n) is 6.14. The molecule has 0 aliphatic heterocycles. The van der Waals surface area contributed by atoms with Crippen LogP contribution in [0.4, 0.5) is 17.6 Å². The maximum atomic E-state index is 13.4. The smallest absolute Gasteiger partial charge is 0.248 e. The molecule has 30 heavy (non-hydrogen) atoms. The lowest BCUT2D eigenvalue weighted by molar-refractivity contribution is -0.133. The molecule has 1 atom stereocenters. The molecule has 0 unspecified atom stereocenters. The summed E-state index contributed by atoms with van der Waals surface area (Å²) in [5, 5.41) is 6.99. The van der Waals surface area contributed by atoms with Crippen LogP contribution in [-0.4, -0.2) is 32.4 Å². The van der Waals surface area contributed by atoms with Gasteiger partial charge in [-0.3, -0.25) is 4.79 Å². The first-order valence-corrected chi connectivity index (χ1v) is 10.2. The van der Waals surface area contributed by atoms with Crippen molar-refractivity contribution >= 4 is 11.6 Å². The maximum Gasteiger partial charge on any atom is 0.248 e. The van der Waals surface area contributed by atoms with Crippen LogP contribution in [0.2, 0.25) is 0 Å². The fourth-order valence-electron chi connectivity index (χ4n) is 4.32. The van der Waals surface area contributed by atoms with Crippen molar-refractivity contribution in [3.8, 4) is 0 Å². The number of carbonyl (C=O) groups is 1. The second kappa shape index (κ2) is 7.79. The van der Waals surface area contributed by atoms with Crippen LogP contribution in [0, 0.1) is 11.8 Å². The molecule has 2 aliphatic rings. The zero-order valence-electron chi connectivity index (χ0n) is 16.5. The van der Waals surface area contributed by atoms with Crippen molar-refractivity contribution in [1.29, 1.82) is 0 Å². The molecular formula is C20H25F4N5O. The Balaban J connectivity index is 1.34. The Kier molecular flexibility index (Phi) is 5.46. The first-order chi connectivity index (χ1) is 14.1. The minimum atomic E-state index is -2.63. The fourth-order valence-corrected chi connectivity index (χ4v) is 4.32. The largest absolute Gasteiger partial charge is 0.352 e. The normalized spacial score (nSPS) is 22.6. The predicted molar refractivity (Wildman–Crippen MR) is 101 cm³/mol. The topological polar surface area (TPSA) is 85.3 Å². The van der Waals surface area contributed by atoms with E-state index in [9.17, 15) is 22.4 Å². The Labute approximate surface area is 171 Å². The lowest BCUT2D eigenvalue weighted by atomic mass is 9.79. The second-order valence-electron chi connectivity index (χ2n) is 8.66. The van der Waals surface area contributed by atoms with Gasteiger partial charge in [-0.15, -0.1) is 0 Å². The third kappa shape index (κ3) is 4.74. The zero-order chi connectivity index (χ0) is 21.5. The van der Waals surface area contributed by atoms with Crippen molar-refractivity contribution in [2.45, 2.75) is 69.4 Å². The van der Waals surface area contributed by atoms with Crippen molar-refractivity contribution < 1.29 is 22.4 Å². The highest BCUT2D eigenvalue weighted by Gasteiger charge is 2.45. The van der Waals surface area contributed by atoms with Crippen LogP contribution in [0.3, 0.4) is 0 Å². The zero-order valence-corrected chi connectivity index (χ0v) is 16.5. The van der Waals surface area contributed by atoms with Crippen LogP contribution in [0.15, 0.2) is 18.5 Å². The Morgan fingerprint density at radius 2 is 1.93 bits per heavy atom. The van der Waals surface area contributed by atoms with Crippen LogP contribution < -0.4 is 11.1 Å². The van der Waals surface area contributed by atoms with Crippen LogP contribution in [0.1, 0.15) is 62.2 Å². The number of imidazole rings is 1. The molecular weight excluding hydrogens is 402 g/mol. The number of hydrogen-bond donors (Lipinski definition) is 2. The Bertz CT molecular complexity index is 913. The molecule has 0 bridgehead atoms. The molecule has 6 nitrogen and oxygen atoms in total. The van der Waals surface area contributed by atoms with Gasteiger partial charge in [-0.2, -0.15) is 5.10 Å². The van der Waals surface area contributed by atoms with E-state index in [4.69, 9.17) is 5.73 Å². The number of aromatic nitrogens is 3. The van der Waals surface area contributed by atoms with E-state index >= 15 is 0 Å². The standard InChI is InChI=1S/C20H25F4N5O/c21-19(22)3-1-14(2-4-19)18(25)15-11-29-16(28-15)5-13(10-27-29)9-26-17(30)6-12-7-20(23,24)8-12/h5,10-12,14,18H,1-4,6-9,25H2,(H,26,30)/t18-/m0/s1. The van der Waals surface area contributed by atoms with E-state index in [1.54, 1.807) is 23.0 Å². The summed E-state index contributed by atoms with van der Waals surface area (Å²) in [6, 6.07) is 1.32. The number of alkyl halides is 4. The summed E-state index contributed by atoms with van der Waals surface area (Å²) in [5.74, 6) is -5.81. The number of amides is 1. The summed E-state index contributed by atoms with van der Waals surface area (Å²) in [7, 11) is 0. The minimum absolute atomic E-state index is 0.0489. The summed E-state index contributed by atoms with van der Waals surface area (Å²) in [6.45, 7) is 0.220. The molecule has 10 heteroatoms. The lowest BCUT2D eigenvalue weighted by Crippen LogP contribution is -2.38. The third-order valence-corrected chi connectivity index (χ3v) is 6.14. The molecule has 0 radical (unpaired) electrons. The first kappa shape index (κ1) is 21.0. The molecule has 3 N–H and O–H groups in total. The Morgan fingerprint density at radius 1 is 1.23 bits per heavy atom. The van der Waals surface area contributed by atoms with Crippen molar-refractivity contribution in [2.24, 2.45) is 17.6 Å². The van der Waals surface area contributed by atoms with E-state index in [0.29, 0.717) is 24.2 Å². The van der Waals surface area contributed by atoms with Crippen LogP contribution in [0.25, 0.3) is 5.65 Å². The predicted octanol–water partition coefficient (Wildman–Crippen LogP) is 3.61. The monoisotopic (exact) mass is 427 g/mol.